The largest absolute Gasteiger partial charge is 0.481 e. The summed E-state index contributed by atoms with van der Waals surface area (Å²) in [5.74, 6) is -1.10. The summed E-state index contributed by atoms with van der Waals surface area (Å²) in [7, 11) is 4.03. The molecule has 0 saturated carbocycles. The van der Waals surface area contributed by atoms with Crippen LogP contribution in [0.15, 0.2) is 53.9 Å². The molecule has 0 fully saturated rings. The maximum Gasteiger partial charge on any atom is 0.303 e. The number of rotatable bonds is 8. The van der Waals surface area contributed by atoms with Gasteiger partial charge in [0.2, 0.25) is 0 Å². The Kier molecular flexibility index (Phi) is 6.77. The van der Waals surface area contributed by atoms with Crippen LogP contribution in [0.3, 0.4) is 0 Å². The van der Waals surface area contributed by atoms with E-state index in [1.807, 2.05) is 49.8 Å². The van der Waals surface area contributed by atoms with Crippen molar-refractivity contribution >= 4 is 45.9 Å². The maximum atomic E-state index is 13.1. The number of aryl methyl sites for hydroxylation is 1. The second kappa shape index (κ2) is 9.91. The summed E-state index contributed by atoms with van der Waals surface area (Å²) in [6.07, 6.45) is 0.463. The summed E-state index contributed by atoms with van der Waals surface area (Å²) in [5.41, 5.74) is 5.83. The lowest BCUT2D eigenvalue weighted by Crippen LogP contribution is -2.11. The van der Waals surface area contributed by atoms with Crippen LogP contribution >= 0.6 is 11.3 Å². The van der Waals surface area contributed by atoms with Crippen molar-refractivity contribution in [2.75, 3.05) is 24.7 Å². The number of carboxylic acids is 1. The van der Waals surface area contributed by atoms with E-state index in [0.29, 0.717) is 28.9 Å². The molecule has 1 amide bonds. The number of hydrogen-bond acceptors (Lipinski definition) is 6. The predicted molar refractivity (Wildman–Crippen MR) is 134 cm³/mol. The van der Waals surface area contributed by atoms with Crippen LogP contribution in [0.25, 0.3) is 11.3 Å². The van der Waals surface area contributed by atoms with Gasteiger partial charge in [0.25, 0.3) is 5.91 Å². The standard InChI is InChI=1S/C26H24N4O3S/c1-30(2)14-16-3-7-19(8-4-16)28-25(22-12-18(15-34-22)6-10-23(31)32)24-20-9-5-17(13-27)11-21(20)29-26(24)33/h3-5,7-9,11-12,15,28H,6,10,14H2,1-2H3,(H,29,33)(H,31,32)/b25-24-. The molecule has 8 heteroatoms. The zero-order valence-electron chi connectivity index (χ0n) is 18.9. The number of anilines is 2. The minimum atomic E-state index is -0.848. The Hall–Kier alpha value is -3.93. The van der Waals surface area contributed by atoms with Gasteiger partial charge < -0.3 is 20.6 Å². The van der Waals surface area contributed by atoms with Crippen LogP contribution in [-0.4, -0.2) is 36.0 Å². The van der Waals surface area contributed by atoms with Gasteiger partial charge in [-0.15, -0.1) is 11.3 Å². The van der Waals surface area contributed by atoms with Crippen molar-refractivity contribution in [1.82, 2.24) is 4.90 Å². The highest BCUT2D eigenvalue weighted by Crippen LogP contribution is 2.39. The molecule has 0 bridgehead atoms. The first kappa shape index (κ1) is 23.2. The lowest BCUT2D eigenvalue weighted by Gasteiger charge is -2.14. The van der Waals surface area contributed by atoms with Gasteiger partial charge in [-0.25, -0.2) is 0 Å². The number of hydrogen-bond donors (Lipinski definition) is 3. The number of benzene rings is 2. The van der Waals surface area contributed by atoms with Crippen LogP contribution in [-0.2, 0) is 22.6 Å². The number of aliphatic carboxylic acids is 1. The third kappa shape index (κ3) is 5.17. The second-order valence-electron chi connectivity index (χ2n) is 8.35. The van der Waals surface area contributed by atoms with E-state index in [4.69, 9.17) is 5.11 Å². The first-order valence-corrected chi connectivity index (χ1v) is 11.6. The Balaban J connectivity index is 1.76. The molecule has 1 aliphatic rings. The second-order valence-corrected chi connectivity index (χ2v) is 9.26. The zero-order valence-corrected chi connectivity index (χ0v) is 19.7. The van der Waals surface area contributed by atoms with E-state index in [9.17, 15) is 14.9 Å². The number of fused-ring (bicyclic) bond motifs is 1. The Labute approximate surface area is 202 Å². The summed E-state index contributed by atoms with van der Waals surface area (Å²) < 4.78 is 0. The van der Waals surface area contributed by atoms with Gasteiger partial charge in [0.05, 0.1) is 33.5 Å². The van der Waals surface area contributed by atoms with Crippen LogP contribution < -0.4 is 10.6 Å². The van der Waals surface area contributed by atoms with Crippen LogP contribution in [0.1, 0.15) is 33.6 Å². The molecule has 2 aromatic carbocycles. The molecule has 34 heavy (non-hydrogen) atoms. The summed E-state index contributed by atoms with van der Waals surface area (Å²) in [5, 5.41) is 26.5. The molecule has 1 aliphatic heterocycles. The van der Waals surface area contributed by atoms with Crippen LogP contribution in [0.2, 0.25) is 0 Å². The summed E-state index contributed by atoms with van der Waals surface area (Å²) >= 11 is 1.46. The van der Waals surface area contributed by atoms with E-state index in [1.165, 1.54) is 16.9 Å². The van der Waals surface area contributed by atoms with Crippen molar-refractivity contribution in [3.63, 3.8) is 0 Å². The van der Waals surface area contributed by atoms with E-state index in [1.54, 1.807) is 18.2 Å². The van der Waals surface area contributed by atoms with E-state index >= 15 is 0 Å². The Morgan fingerprint density at radius 3 is 2.59 bits per heavy atom. The minimum absolute atomic E-state index is 0.0447. The van der Waals surface area contributed by atoms with E-state index in [0.717, 1.165) is 28.2 Å². The topological polar surface area (TPSA) is 105 Å². The average molecular weight is 473 g/mol. The number of thiophene rings is 1. The number of carboxylic acid groups (broad SMARTS) is 1. The Bertz CT molecular complexity index is 1320. The molecule has 0 radical (unpaired) electrons. The molecule has 0 aliphatic carbocycles. The molecule has 1 aromatic heterocycles. The van der Waals surface area contributed by atoms with Crippen molar-refractivity contribution in [1.29, 1.82) is 5.26 Å². The van der Waals surface area contributed by atoms with E-state index in [-0.39, 0.29) is 12.3 Å². The molecule has 0 spiro atoms. The van der Waals surface area contributed by atoms with Gasteiger partial charge in [-0.2, -0.15) is 5.26 Å². The monoisotopic (exact) mass is 472 g/mol. The molecule has 0 atom stereocenters. The molecule has 3 N–H and O–H groups in total. The van der Waals surface area contributed by atoms with Gasteiger partial charge in [-0.1, -0.05) is 18.2 Å². The third-order valence-electron chi connectivity index (χ3n) is 5.39. The smallest absolute Gasteiger partial charge is 0.303 e. The van der Waals surface area contributed by atoms with Gasteiger partial charge in [-0.05, 0) is 67.4 Å². The lowest BCUT2D eigenvalue weighted by atomic mass is 10.0. The lowest BCUT2D eigenvalue weighted by molar-refractivity contribution is -0.137. The maximum absolute atomic E-state index is 13.1. The third-order valence-corrected chi connectivity index (χ3v) is 6.39. The van der Waals surface area contributed by atoms with Gasteiger partial charge in [0.15, 0.2) is 0 Å². The first-order chi connectivity index (χ1) is 16.3. The highest BCUT2D eigenvalue weighted by atomic mass is 32.1. The number of amides is 1. The predicted octanol–water partition coefficient (Wildman–Crippen LogP) is 4.63. The van der Waals surface area contributed by atoms with E-state index in [2.05, 4.69) is 21.6 Å². The van der Waals surface area contributed by atoms with Gasteiger partial charge in [-0.3, -0.25) is 9.59 Å². The molecular formula is C26H24N4O3S. The first-order valence-electron chi connectivity index (χ1n) is 10.7. The number of nitrogens with one attached hydrogen (secondary N) is 2. The number of carbonyl (C=O) groups is 2. The Morgan fingerprint density at radius 2 is 1.91 bits per heavy atom. The molecule has 0 saturated heterocycles. The number of carbonyl (C=O) groups excluding carboxylic acids is 1. The fraction of sp³-hybridized carbons (Fsp3) is 0.192. The van der Waals surface area contributed by atoms with Gasteiger partial charge >= 0.3 is 5.97 Å². The fourth-order valence-electron chi connectivity index (χ4n) is 3.83. The Morgan fingerprint density at radius 1 is 1.15 bits per heavy atom. The highest BCUT2D eigenvalue weighted by molar-refractivity contribution is 7.11. The average Bonchev–Trinajstić information content (AvgIpc) is 3.40. The van der Waals surface area contributed by atoms with Crippen LogP contribution in [0.5, 0.6) is 0 Å². The summed E-state index contributed by atoms with van der Waals surface area (Å²) in [4.78, 5) is 27.0. The van der Waals surface area contributed by atoms with Gasteiger partial charge in [0, 0.05) is 24.2 Å². The van der Waals surface area contributed by atoms with Crippen molar-refractivity contribution in [2.24, 2.45) is 0 Å². The molecule has 4 rings (SSSR count). The van der Waals surface area contributed by atoms with Crippen molar-refractivity contribution in [3.8, 4) is 6.07 Å². The van der Waals surface area contributed by atoms with E-state index < -0.39 is 5.97 Å². The molecule has 7 nitrogen and oxygen atoms in total. The van der Waals surface area contributed by atoms with Crippen molar-refractivity contribution in [3.05, 3.63) is 81.0 Å². The molecule has 172 valence electrons. The van der Waals surface area contributed by atoms with Crippen LogP contribution in [0.4, 0.5) is 11.4 Å². The summed E-state index contributed by atoms with van der Waals surface area (Å²) in [6.45, 7) is 0.823. The summed E-state index contributed by atoms with van der Waals surface area (Å²) in [6, 6.07) is 17.2. The minimum Gasteiger partial charge on any atom is -0.481 e. The highest BCUT2D eigenvalue weighted by Gasteiger charge is 2.29. The number of nitriles is 1. The number of nitrogens with zero attached hydrogens (tertiary/aromatic N) is 2. The molecular weight excluding hydrogens is 448 g/mol. The quantitative estimate of drug-likeness (QED) is 0.413. The molecule has 0 unspecified atom stereocenters. The zero-order chi connectivity index (χ0) is 24.2. The molecule has 3 aromatic rings. The SMILES string of the molecule is CN(C)Cc1ccc(N/C(=C2\C(=O)Nc3cc(C#N)ccc32)c2cc(CCC(=O)O)cs2)cc1. The van der Waals surface area contributed by atoms with Gasteiger partial charge in [0.1, 0.15) is 0 Å². The fourth-order valence-corrected chi connectivity index (χ4v) is 4.78. The molecule has 2 heterocycles. The van der Waals surface area contributed by atoms with Crippen LogP contribution in [0, 0.1) is 11.3 Å². The normalized spacial score (nSPS) is 13.9. The van der Waals surface area contributed by atoms with Crippen molar-refractivity contribution < 1.29 is 14.7 Å². The van der Waals surface area contributed by atoms with Crippen molar-refractivity contribution in [2.45, 2.75) is 19.4 Å².